The molecule has 0 aliphatic rings. The van der Waals surface area contributed by atoms with E-state index in [1.807, 2.05) is 6.07 Å². The summed E-state index contributed by atoms with van der Waals surface area (Å²) in [5.74, 6) is 1.53. The summed E-state index contributed by atoms with van der Waals surface area (Å²) in [6.07, 6.45) is 0.748. The van der Waals surface area contributed by atoms with Gasteiger partial charge in [-0.05, 0) is 42.6 Å². The molecule has 0 unspecified atom stereocenters. The molecule has 1 rings (SSSR count). The molecule has 0 aromatic heterocycles. The highest BCUT2D eigenvalue weighted by molar-refractivity contribution is 7.99. The highest BCUT2D eigenvalue weighted by Crippen LogP contribution is 2.25. The monoisotopic (exact) mass is 227 g/mol. The summed E-state index contributed by atoms with van der Waals surface area (Å²) >= 11 is 1.78. The Morgan fingerprint density at radius 1 is 1.40 bits per heavy atom. The zero-order valence-corrected chi connectivity index (χ0v) is 10.1. The van der Waals surface area contributed by atoms with E-state index in [1.54, 1.807) is 17.8 Å². The maximum absolute atomic E-state index is 13.0. The minimum Gasteiger partial charge on any atom is -0.330 e. The lowest BCUT2D eigenvalue weighted by atomic mass is 10.1. The van der Waals surface area contributed by atoms with Gasteiger partial charge in [-0.25, -0.2) is 4.39 Å². The lowest BCUT2D eigenvalue weighted by molar-refractivity contribution is 0.623. The highest BCUT2D eigenvalue weighted by Gasteiger charge is 2.05. The van der Waals surface area contributed by atoms with Crippen LogP contribution in [-0.2, 0) is 6.42 Å². The Kier molecular flexibility index (Phi) is 5.12. The zero-order valence-electron chi connectivity index (χ0n) is 9.29. The van der Waals surface area contributed by atoms with Gasteiger partial charge in [0.25, 0.3) is 0 Å². The van der Waals surface area contributed by atoms with Crippen LogP contribution < -0.4 is 5.73 Å². The van der Waals surface area contributed by atoms with Crippen LogP contribution in [0.1, 0.15) is 19.4 Å². The molecule has 0 aliphatic carbocycles. The second-order valence-electron chi connectivity index (χ2n) is 4.00. The lowest BCUT2D eigenvalue weighted by Crippen LogP contribution is -2.04. The van der Waals surface area contributed by atoms with Crippen LogP contribution in [0, 0.1) is 11.7 Å². The van der Waals surface area contributed by atoms with Crippen molar-refractivity contribution in [1.29, 1.82) is 0 Å². The van der Waals surface area contributed by atoms with Crippen LogP contribution in [0.2, 0.25) is 0 Å². The Labute approximate surface area is 95.2 Å². The largest absolute Gasteiger partial charge is 0.330 e. The van der Waals surface area contributed by atoms with Crippen molar-refractivity contribution in [1.82, 2.24) is 0 Å². The van der Waals surface area contributed by atoms with E-state index in [1.165, 1.54) is 6.07 Å². The van der Waals surface area contributed by atoms with Crippen molar-refractivity contribution >= 4 is 11.8 Å². The minimum absolute atomic E-state index is 0.174. The van der Waals surface area contributed by atoms with Gasteiger partial charge in [-0.15, -0.1) is 11.8 Å². The first kappa shape index (κ1) is 12.5. The van der Waals surface area contributed by atoms with Crippen molar-refractivity contribution in [2.45, 2.75) is 25.2 Å². The number of benzene rings is 1. The molecule has 1 nitrogen and oxygen atoms in total. The summed E-state index contributed by atoms with van der Waals surface area (Å²) in [4.78, 5) is 1.16. The van der Waals surface area contributed by atoms with Gasteiger partial charge in [0, 0.05) is 10.6 Å². The molecule has 15 heavy (non-hydrogen) atoms. The van der Waals surface area contributed by atoms with E-state index in [2.05, 4.69) is 13.8 Å². The third-order valence-electron chi connectivity index (χ3n) is 2.01. The summed E-state index contributed by atoms with van der Waals surface area (Å²) in [7, 11) is 0. The molecule has 0 saturated heterocycles. The number of thioether (sulfide) groups is 1. The predicted octanol–water partition coefficient (Wildman–Crippen LogP) is 3.08. The molecule has 0 heterocycles. The fourth-order valence-electron chi connectivity index (χ4n) is 1.30. The molecule has 0 spiro atoms. The predicted molar refractivity (Wildman–Crippen MR) is 64.7 cm³/mol. The van der Waals surface area contributed by atoms with Gasteiger partial charge in [0.15, 0.2) is 0 Å². The van der Waals surface area contributed by atoms with E-state index in [0.717, 1.165) is 22.6 Å². The smallest absolute Gasteiger partial charge is 0.123 e. The van der Waals surface area contributed by atoms with E-state index < -0.39 is 0 Å². The summed E-state index contributed by atoms with van der Waals surface area (Å²) in [5.41, 5.74) is 6.53. The summed E-state index contributed by atoms with van der Waals surface area (Å²) in [5, 5.41) is 0. The fraction of sp³-hybridized carbons (Fsp3) is 0.500. The number of nitrogens with two attached hydrogens (primary N) is 1. The fourth-order valence-corrected chi connectivity index (χ4v) is 2.32. The van der Waals surface area contributed by atoms with E-state index in [0.29, 0.717) is 12.5 Å². The quantitative estimate of drug-likeness (QED) is 0.782. The molecular weight excluding hydrogens is 209 g/mol. The summed E-state index contributed by atoms with van der Waals surface area (Å²) in [6, 6.07) is 4.96. The third-order valence-corrected chi connectivity index (χ3v) is 3.55. The molecule has 0 atom stereocenters. The van der Waals surface area contributed by atoms with Crippen molar-refractivity contribution in [3.63, 3.8) is 0 Å². The molecule has 2 N–H and O–H groups in total. The molecule has 0 fully saturated rings. The topological polar surface area (TPSA) is 26.0 Å². The van der Waals surface area contributed by atoms with Crippen molar-refractivity contribution in [2.24, 2.45) is 11.7 Å². The maximum Gasteiger partial charge on any atom is 0.123 e. The number of hydrogen-bond acceptors (Lipinski definition) is 2. The molecule has 0 amide bonds. The molecule has 0 radical (unpaired) electrons. The van der Waals surface area contributed by atoms with Gasteiger partial charge < -0.3 is 5.73 Å². The van der Waals surface area contributed by atoms with Crippen LogP contribution in [0.15, 0.2) is 23.1 Å². The van der Waals surface area contributed by atoms with E-state index in [-0.39, 0.29) is 5.82 Å². The first-order valence-corrected chi connectivity index (χ1v) is 6.23. The van der Waals surface area contributed by atoms with Crippen LogP contribution in [0.4, 0.5) is 4.39 Å². The Morgan fingerprint density at radius 3 is 2.73 bits per heavy atom. The third kappa shape index (κ3) is 4.22. The van der Waals surface area contributed by atoms with Crippen molar-refractivity contribution in [3.05, 3.63) is 29.6 Å². The van der Waals surface area contributed by atoms with Crippen LogP contribution in [0.25, 0.3) is 0 Å². The van der Waals surface area contributed by atoms with Gasteiger partial charge in [-0.2, -0.15) is 0 Å². The second-order valence-corrected chi connectivity index (χ2v) is 5.06. The molecule has 0 bridgehead atoms. The van der Waals surface area contributed by atoms with E-state index in [9.17, 15) is 4.39 Å². The average Bonchev–Trinajstić information content (AvgIpc) is 2.17. The number of hydrogen-bond donors (Lipinski definition) is 1. The van der Waals surface area contributed by atoms with Crippen molar-refractivity contribution < 1.29 is 4.39 Å². The number of rotatable bonds is 5. The molecule has 3 heteroatoms. The SMILES string of the molecule is CC(C)CSc1ccc(F)cc1CCN. The second kappa shape index (κ2) is 6.13. The summed E-state index contributed by atoms with van der Waals surface area (Å²) in [6.45, 7) is 4.93. The van der Waals surface area contributed by atoms with Crippen LogP contribution >= 0.6 is 11.8 Å². The molecular formula is C12H18FNS. The normalized spacial score (nSPS) is 11.0. The van der Waals surface area contributed by atoms with Crippen LogP contribution in [-0.4, -0.2) is 12.3 Å². The van der Waals surface area contributed by atoms with Crippen molar-refractivity contribution in [3.8, 4) is 0 Å². The Morgan fingerprint density at radius 2 is 2.13 bits per heavy atom. The molecule has 1 aromatic carbocycles. The van der Waals surface area contributed by atoms with Gasteiger partial charge in [0.1, 0.15) is 5.82 Å². The first-order chi connectivity index (χ1) is 7.13. The minimum atomic E-state index is -0.174. The lowest BCUT2D eigenvalue weighted by Gasteiger charge is -2.09. The Bertz CT molecular complexity index is 312. The van der Waals surface area contributed by atoms with Crippen LogP contribution in [0.3, 0.4) is 0 Å². The standard InChI is InChI=1S/C12H18FNS/c1-9(2)8-15-12-4-3-11(13)7-10(12)5-6-14/h3-4,7,9H,5-6,8,14H2,1-2H3. The zero-order chi connectivity index (χ0) is 11.3. The molecule has 0 aliphatic heterocycles. The summed E-state index contributed by atoms with van der Waals surface area (Å²) < 4.78 is 13.0. The van der Waals surface area contributed by atoms with E-state index >= 15 is 0 Å². The highest BCUT2D eigenvalue weighted by atomic mass is 32.2. The van der Waals surface area contributed by atoms with Gasteiger partial charge in [-0.3, -0.25) is 0 Å². The molecule has 1 aromatic rings. The molecule has 0 saturated carbocycles. The maximum atomic E-state index is 13.0. The first-order valence-electron chi connectivity index (χ1n) is 5.24. The number of halogens is 1. The van der Waals surface area contributed by atoms with E-state index in [4.69, 9.17) is 5.73 Å². The van der Waals surface area contributed by atoms with Gasteiger partial charge in [0.05, 0.1) is 0 Å². The Hall–Kier alpha value is -0.540. The average molecular weight is 227 g/mol. The van der Waals surface area contributed by atoms with Gasteiger partial charge >= 0.3 is 0 Å². The van der Waals surface area contributed by atoms with Crippen LogP contribution in [0.5, 0.6) is 0 Å². The van der Waals surface area contributed by atoms with Crippen molar-refractivity contribution in [2.75, 3.05) is 12.3 Å². The molecule has 84 valence electrons. The Balaban J connectivity index is 2.76. The van der Waals surface area contributed by atoms with Gasteiger partial charge in [0.2, 0.25) is 0 Å². The van der Waals surface area contributed by atoms with Gasteiger partial charge in [-0.1, -0.05) is 13.8 Å².